The van der Waals surface area contributed by atoms with Gasteiger partial charge in [0.25, 0.3) is 0 Å². The fraction of sp³-hybridized carbons (Fsp3) is 0.667. The van der Waals surface area contributed by atoms with E-state index in [1.807, 2.05) is 11.9 Å². The molecule has 0 amide bonds. The van der Waals surface area contributed by atoms with Crippen LogP contribution in [-0.4, -0.2) is 41.7 Å². The maximum Gasteiger partial charge on any atom is 0.305 e. The van der Waals surface area contributed by atoms with E-state index in [9.17, 15) is 4.79 Å². The van der Waals surface area contributed by atoms with Crippen molar-refractivity contribution in [1.29, 1.82) is 0 Å². The van der Waals surface area contributed by atoms with Gasteiger partial charge in [-0.05, 0) is 20.0 Å². The van der Waals surface area contributed by atoms with Crippen molar-refractivity contribution in [3.8, 4) is 0 Å². The zero-order valence-corrected chi connectivity index (χ0v) is 8.97. The number of hydrogen-bond donors (Lipinski definition) is 0. The van der Waals surface area contributed by atoms with Crippen LogP contribution in [0.4, 0.5) is 0 Å². The summed E-state index contributed by atoms with van der Waals surface area (Å²) in [5.41, 5.74) is 0. The Labute approximate surface area is 88.2 Å². The highest BCUT2D eigenvalue weighted by atomic mass is 16.5. The summed E-state index contributed by atoms with van der Waals surface area (Å²) in [7, 11) is 3.33. The van der Waals surface area contributed by atoms with E-state index in [1.165, 1.54) is 13.5 Å². The van der Waals surface area contributed by atoms with Gasteiger partial charge in [-0.1, -0.05) is 5.16 Å². The van der Waals surface area contributed by atoms with Gasteiger partial charge in [0.2, 0.25) is 6.39 Å². The van der Waals surface area contributed by atoms with Gasteiger partial charge < -0.3 is 9.26 Å². The molecule has 1 aromatic rings. The minimum Gasteiger partial charge on any atom is -0.469 e. The predicted molar refractivity (Wildman–Crippen MR) is 51.9 cm³/mol. The summed E-state index contributed by atoms with van der Waals surface area (Å²) in [6.45, 7) is 1.42. The molecule has 15 heavy (non-hydrogen) atoms. The van der Waals surface area contributed by atoms with Gasteiger partial charge in [-0.2, -0.15) is 4.98 Å². The molecule has 1 heterocycles. The highest BCUT2D eigenvalue weighted by Crippen LogP contribution is 1.99. The number of hydrogen-bond acceptors (Lipinski definition) is 6. The highest BCUT2D eigenvalue weighted by Gasteiger charge is 2.05. The van der Waals surface area contributed by atoms with Crippen molar-refractivity contribution in [3.05, 3.63) is 12.2 Å². The summed E-state index contributed by atoms with van der Waals surface area (Å²) < 4.78 is 9.15. The molecule has 0 saturated carbocycles. The lowest BCUT2D eigenvalue weighted by molar-refractivity contribution is -0.140. The Morgan fingerprint density at radius 3 is 3.07 bits per heavy atom. The van der Waals surface area contributed by atoms with Crippen LogP contribution in [0.15, 0.2) is 10.9 Å². The van der Waals surface area contributed by atoms with E-state index in [0.717, 1.165) is 13.0 Å². The molecule has 1 aromatic heterocycles. The second-order valence-corrected chi connectivity index (χ2v) is 3.26. The quantitative estimate of drug-likeness (QED) is 0.639. The summed E-state index contributed by atoms with van der Waals surface area (Å²) in [6.07, 6.45) is 2.51. The number of aromatic nitrogens is 2. The van der Waals surface area contributed by atoms with Gasteiger partial charge in [-0.15, -0.1) is 0 Å². The number of esters is 1. The first-order chi connectivity index (χ1) is 7.22. The molecule has 0 N–H and O–H groups in total. The van der Waals surface area contributed by atoms with Crippen molar-refractivity contribution in [3.63, 3.8) is 0 Å². The van der Waals surface area contributed by atoms with E-state index in [-0.39, 0.29) is 5.97 Å². The molecule has 0 bridgehead atoms. The molecule has 0 aliphatic rings. The van der Waals surface area contributed by atoms with Gasteiger partial charge >= 0.3 is 5.97 Å². The number of carbonyl (C=O) groups is 1. The Morgan fingerprint density at radius 2 is 2.47 bits per heavy atom. The number of rotatable bonds is 6. The number of nitrogens with zero attached hydrogens (tertiary/aromatic N) is 3. The standard InChI is InChI=1S/C9H15N3O3/c1-12(5-3-4-9(13)14-2)6-8-10-7-15-11-8/h7H,3-6H2,1-2H3. The lowest BCUT2D eigenvalue weighted by atomic mass is 10.3. The Hall–Kier alpha value is -1.43. The number of carbonyl (C=O) groups excluding carboxylic acids is 1. The van der Waals surface area contributed by atoms with Crippen molar-refractivity contribution in [1.82, 2.24) is 15.0 Å². The van der Waals surface area contributed by atoms with Crippen LogP contribution in [0.1, 0.15) is 18.7 Å². The predicted octanol–water partition coefficient (Wildman–Crippen LogP) is 0.455. The van der Waals surface area contributed by atoms with Crippen molar-refractivity contribution < 1.29 is 14.1 Å². The van der Waals surface area contributed by atoms with Crippen LogP contribution < -0.4 is 0 Å². The fourth-order valence-electron chi connectivity index (χ4n) is 1.18. The van der Waals surface area contributed by atoms with Gasteiger partial charge in [-0.25, -0.2) is 0 Å². The molecular formula is C9H15N3O3. The smallest absolute Gasteiger partial charge is 0.305 e. The average molecular weight is 213 g/mol. The fourth-order valence-corrected chi connectivity index (χ4v) is 1.18. The van der Waals surface area contributed by atoms with E-state index in [0.29, 0.717) is 18.8 Å². The summed E-state index contributed by atoms with van der Waals surface area (Å²) in [4.78, 5) is 16.8. The second-order valence-electron chi connectivity index (χ2n) is 3.26. The van der Waals surface area contributed by atoms with Crippen molar-refractivity contribution >= 4 is 5.97 Å². The van der Waals surface area contributed by atoms with Crippen molar-refractivity contribution in [2.75, 3.05) is 20.7 Å². The number of ether oxygens (including phenoxy) is 1. The van der Waals surface area contributed by atoms with Crippen molar-refractivity contribution in [2.45, 2.75) is 19.4 Å². The summed E-state index contributed by atoms with van der Waals surface area (Å²) in [5.74, 6) is 0.471. The highest BCUT2D eigenvalue weighted by molar-refractivity contribution is 5.69. The first-order valence-electron chi connectivity index (χ1n) is 4.73. The molecule has 6 heteroatoms. The lowest BCUT2D eigenvalue weighted by Crippen LogP contribution is -2.20. The molecule has 6 nitrogen and oxygen atoms in total. The van der Waals surface area contributed by atoms with Crippen LogP contribution in [0.25, 0.3) is 0 Å². The third-order valence-corrected chi connectivity index (χ3v) is 1.97. The van der Waals surface area contributed by atoms with Crippen LogP contribution in [0, 0.1) is 0 Å². The van der Waals surface area contributed by atoms with Gasteiger partial charge in [0, 0.05) is 6.42 Å². The molecular weight excluding hydrogens is 198 g/mol. The minimum atomic E-state index is -0.178. The maximum absolute atomic E-state index is 10.8. The van der Waals surface area contributed by atoms with Crippen LogP contribution in [-0.2, 0) is 16.1 Å². The van der Waals surface area contributed by atoms with Crippen LogP contribution in [0.5, 0.6) is 0 Å². The molecule has 0 aliphatic heterocycles. The molecule has 0 unspecified atom stereocenters. The monoisotopic (exact) mass is 213 g/mol. The number of methoxy groups -OCH3 is 1. The summed E-state index contributed by atoms with van der Waals surface area (Å²) >= 11 is 0. The van der Waals surface area contributed by atoms with Crippen LogP contribution in [0.3, 0.4) is 0 Å². The third kappa shape index (κ3) is 4.55. The molecule has 1 rings (SSSR count). The summed E-state index contributed by atoms with van der Waals surface area (Å²) in [5, 5.41) is 3.70. The molecule has 84 valence electrons. The Balaban J connectivity index is 2.14. The van der Waals surface area contributed by atoms with E-state index >= 15 is 0 Å². The van der Waals surface area contributed by atoms with Crippen molar-refractivity contribution in [2.24, 2.45) is 0 Å². The summed E-state index contributed by atoms with van der Waals surface area (Å²) in [6, 6.07) is 0. The van der Waals surface area contributed by atoms with Gasteiger partial charge in [0.15, 0.2) is 5.82 Å². The van der Waals surface area contributed by atoms with Crippen LogP contribution in [0.2, 0.25) is 0 Å². The molecule has 0 aliphatic carbocycles. The Morgan fingerprint density at radius 1 is 1.67 bits per heavy atom. The zero-order chi connectivity index (χ0) is 11.1. The minimum absolute atomic E-state index is 0.178. The average Bonchev–Trinajstić information content (AvgIpc) is 2.70. The second kappa shape index (κ2) is 6.13. The molecule has 0 fully saturated rings. The molecule has 0 atom stereocenters. The molecule has 0 radical (unpaired) electrons. The SMILES string of the molecule is COC(=O)CCCN(C)Cc1ncon1. The van der Waals surface area contributed by atoms with E-state index in [4.69, 9.17) is 0 Å². The van der Waals surface area contributed by atoms with Gasteiger partial charge in [-0.3, -0.25) is 9.69 Å². The molecule has 0 saturated heterocycles. The molecule has 0 spiro atoms. The zero-order valence-electron chi connectivity index (χ0n) is 8.97. The maximum atomic E-state index is 10.8. The largest absolute Gasteiger partial charge is 0.469 e. The van der Waals surface area contributed by atoms with E-state index in [1.54, 1.807) is 0 Å². The van der Waals surface area contributed by atoms with E-state index in [2.05, 4.69) is 19.4 Å². The van der Waals surface area contributed by atoms with Gasteiger partial charge in [0.1, 0.15) is 0 Å². The third-order valence-electron chi connectivity index (χ3n) is 1.97. The van der Waals surface area contributed by atoms with E-state index < -0.39 is 0 Å². The first-order valence-corrected chi connectivity index (χ1v) is 4.73. The van der Waals surface area contributed by atoms with Gasteiger partial charge in [0.05, 0.1) is 13.7 Å². The van der Waals surface area contributed by atoms with Crippen LogP contribution >= 0.6 is 0 Å². The Bertz CT molecular complexity index is 287. The Kier molecular flexibility index (Phi) is 4.76. The topological polar surface area (TPSA) is 68.5 Å². The first kappa shape index (κ1) is 11.6. The molecule has 0 aromatic carbocycles. The normalized spacial score (nSPS) is 10.6. The lowest BCUT2D eigenvalue weighted by Gasteiger charge is -2.13.